The molecule has 0 bridgehead atoms. The van der Waals surface area contributed by atoms with Crippen molar-refractivity contribution < 1.29 is 9.59 Å². The van der Waals surface area contributed by atoms with Crippen LogP contribution in [0.25, 0.3) is 0 Å². The van der Waals surface area contributed by atoms with E-state index in [9.17, 15) is 9.59 Å². The minimum Gasteiger partial charge on any atom is -0.307 e. The molecular formula is C7H11NO2. The summed E-state index contributed by atoms with van der Waals surface area (Å²) in [4.78, 5) is 20.8. The first-order valence-electron chi connectivity index (χ1n) is 3.57. The molecule has 0 aromatic rings. The van der Waals surface area contributed by atoms with Crippen molar-refractivity contribution in [3.05, 3.63) is 0 Å². The van der Waals surface area contributed by atoms with Crippen LogP contribution in [0.3, 0.4) is 0 Å². The molecule has 0 spiro atoms. The Bertz CT molecular complexity index is 139. The number of Topliss-reactive ketones (excluding diaryl/α,β-unsaturated/α-hetero) is 1. The molecule has 1 unspecified atom stereocenters. The second-order valence-corrected chi connectivity index (χ2v) is 2.52. The lowest BCUT2D eigenvalue weighted by molar-refractivity contribution is -0.131. The number of piperidine rings is 1. The molecule has 3 nitrogen and oxygen atoms in total. The van der Waals surface area contributed by atoms with Gasteiger partial charge in [0.05, 0.1) is 6.04 Å². The number of ketones is 1. The van der Waals surface area contributed by atoms with Crippen molar-refractivity contribution in [3.8, 4) is 0 Å². The van der Waals surface area contributed by atoms with Gasteiger partial charge in [-0.2, -0.15) is 0 Å². The second kappa shape index (κ2) is 3.46. The van der Waals surface area contributed by atoms with Gasteiger partial charge >= 0.3 is 0 Å². The van der Waals surface area contributed by atoms with Crippen LogP contribution in [0.4, 0.5) is 0 Å². The summed E-state index contributed by atoms with van der Waals surface area (Å²) < 4.78 is 0. The van der Waals surface area contributed by atoms with Gasteiger partial charge in [-0.1, -0.05) is 6.42 Å². The first-order chi connectivity index (χ1) is 4.84. The Kier molecular flexibility index (Phi) is 2.57. The molecule has 10 heavy (non-hydrogen) atoms. The molecule has 0 amide bonds. The van der Waals surface area contributed by atoms with Crippen molar-refractivity contribution in [2.75, 3.05) is 6.54 Å². The largest absolute Gasteiger partial charge is 0.307 e. The lowest BCUT2D eigenvalue weighted by Gasteiger charge is -2.19. The summed E-state index contributed by atoms with van der Waals surface area (Å²) in [6.45, 7) is 0.865. The van der Waals surface area contributed by atoms with Crippen molar-refractivity contribution >= 4 is 12.1 Å². The zero-order valence-electron chi connectivity index (χ0n) is 5.80. The Labute approximate surface area is 59.8 Å². The minimum absolute atomic E-state index is 0.189. The highest BCUT2D eigenvalue weighted by Gasteiger charge is 2.18. The third-order valence-corrected chi connectivity index (χ3v) is 1.77. The smallest absolute Gasteiger partial charge is 0.211 e. The average molecular weight is 141 g/mol. The van der Waals surface area contributed by atoms with Crippen LogP contribution in [-0.4, -0.2) is 24.7 Å². The van der Waals surface area contributed by atoms with E-state index >= 15 is 0 Å². The van der Waals surface area contributed by atoms with Crippen LogP contribution < -0.4 is 5.32 Å². The fraction of sp³-hybridized carbons (Fsp3) is 0.714. The van der Waals surface area contributed by atoms with E-state index in [2.05, 4.69) is 5.32 Å². The Balaban J connectivity index is 2.38. The fourth-order valence-electron chi connectivity index (χ4n) is 1.18. The van der Waals surface area contributed by atoms with Crippen LogP contribution in [0.15, 0.2) is 0 Å². The van der Waals surface area contributed by atoms with Gasteiger partial charge in [-0.05, 0) is 19.4 Å². The average Bonchev–Trinajstić information content (AvgIpc) is 2.05. The van der Waals surface area contributed by atoms with Crippen LogP contribution in [0, 0.1) is 0 Å². The summed E-state index contributed by atoms with van der Waals surface area (Å²) in [7, 11) is 0. The maximum absolute atomic E-state index is 10.7. The summed E-state index contributed by atoms with van der Waals surface area (Å²) >= 11 is 0. The van der Waals surface area contributed by atoms with Crippen LogP contribution in [-0.2, 0) is 9.59 Å². The molecule has 1 aliphatic heterocycles. The Morgan fingerprint density at radius 1 is 1.50 bits per heavy atom. The predicted molar refractivity (Wildman–Crippen MR) is 36.7 cm³/mol. The maximum Gasteiger partial charge on any atom is 0.211 e. The van der Waals surface area contributed by atoms with Crippen molar-refractivity contribution in [2.45, 2.75) is 25.3 Å². The number of carbonyl (C=O) groups excluding carboxylic acids is 2. The van der Waals surface area contributed by atoms with E-state index in [1.807, 2.05) is 0 Å². The van der Waals surface area contributed by atoms with Crippen LogP contribution >= 0.6 is 0 Å². The highest BCUT2D eigenvalue weighted by Crippen LogP contribution is 2.06. The SMILES string of the molecule is O=CC(=O)C1CCCCN1. The molecule has 0 aliphatic carbocycles. The van der Waals surface area contributed by atoms with Crippen molar-refractivity contribution in [3.63, 3.8) is 0 Å². The molecule has 3 heteroatoms. The Morgan fingerprint density at radius 3 is 2.80 bits per heavy atom. The number of carbonyl (C=O) groups is 2. The molecule has 1 atom stereocenters. The third-order valence-electron chi connectivity index (χ3n) is 1.77. The highest BCUT2D eigenvalue weighted by molar-refractivity contribution is 6.27. The first kappa shape index (κ1) is 7.41. The van der Waals surface area contributed by atoms with Gasteiger partial charge in [-0.3, -0.25) is 9.59 Å². The topological polar surface area (TPSA) is 46.2 Å². The van der Waals surface area contributed by atoms with Crippen molar-refractivity contribution in [2.24, 2.45) is 0 Å². The molecule has 1 N–H and O–H groups in total. The molecule has 1 heterocycles. The molecule has 1 fully saturated rings. The van der Waals surface area contributed by atoms with E-state index in [1.165, 1.54) is 0 Å². The van der Waals surface area contributed by atoms with Gasteiger partial charge in [-0.15, -0.1) is 0 Å². The molecule has 1 saturated heterocycles. The number of rotatable bonds is 2. The van der Waals surface area contributed by atoms with E-state index < -0.39 is 0 Å². The highest BCUT2D eigenvalue weighted by atomic mass is 16.2. The summed E-state index contributed by atoms with van der Waals surface area (Å²) in [5.41, 5.74) is 0. The van der Waals surface area contributed by atoms with Crippen LogP contribution in [0.5, 0.6) is 0 Å². The van der Waals surface area contributed by atoms with E-state index in [1.54, 1.807) is 0 Å². The fourth-order valence-corrected chi connectivity index (χ4v) is 1.18. The Hall–Kier alpha value is -0.700. The lowest BCUT2D eigenvalue weighted by Crippen LogP contribution is -2.40. The molecule has 1 rings (SSSR count). The molecule has 0 saturated carbocycles. The van der Waals surface area contributed by atoms with E-state index in [0.717, 1.165) is 25.8 Å². The van der Waals surface area contributed by atoms with Gasteiger partial charge in [-0.25, -0.2) is 0 Å². The van der Waals surface area contributed by atoms with E-state index in [-0.39, 0.29) is 11.8 Å². The van der Waals surface area contributed by atoms with Gasteiger partial charge in [0.2, 0.25) is 5.78 Å². The summed E-state index contributed by atoms with van der Waals surface area (Å²) in [6.07, 6.45) is 3.39. The second-order valence-electron chi connectivity index (χ2n) is 2.52. The zero-order chi connectivity index (χ0) is 7.40. The van der Waals surface area contributed by atoms with Gasteiger partial charge < -0.3 is 5.32 Å². The summed E-state index contributed by atoms with van der Waals surface area (Å²) in [6, 6.07) is -0.189. The lowest BCUT2D eigenvalue weighted by atomic mass is 10.0. The first-order valence-corrected chi connectivity index (χ1v) is 3.57. The quantitative estimate of drug-likeness (QED) is 0.431. The van der Waals surface area contributed by atoms with Gasteiger partial charge in [0.15, 0.2) is 6.29 Å². The van der Waals surface area contributed by atoms with E-state index in [4.69, 9.17) is 0 Å². The van der Waals surface area contributed by atoms with Crippen molar-refractivity contribution in [1.29, 1.82) is 0 Å². The number of hydrogen-bond donors (Lipinski definition) is 1. The molecule has 0 aromatic heterocycles. The zero-order valence-corrected chi connectivity index (χ0v) is 5.80. The van der Waals surface area contributed by atoms with Crippen molar-refractivity contribution in [1.82, 2.24) is 5.32 Å². The molecular weight excluding hydrogens is 130 g/mol. The van der Waals surface area contributed by atoms with Crippen LogP contribution in [0.1, 0.15) is 19.3 Å². The predicted octanol–water partition coefficient (Wildman–Crippen LogP) is -0.104. The minimum atomic E-state index is -0.306. The normalized spacial score (nSPS) is 25.8. The van der Waals surface area contributed by atoms with Gasteiger partial charge in [0.1, 0.15) is 0 Å². The van der Waals surface area contributed by atoms with Gasteiger partial charge in [0, 0.05) is 0 Å². The summed E-state index contributed by atoms with van der Waals surface area (Å²) in [5.74, 6) is -0.306. The molecule has 0 radical (unpaired) electrons. The molecule has 56 valence electrons. The van der Waals surface area contributed by atoms with Crippen LogP contribution in [0.2, 0.25) is 0 Å². The molecule has 0 aromatic carbocycles. The third kappa shape index (κ3) is 1.64. The number of nitrogens with one attached hydrogen (secondary N) is 1. The molecule has 1 aliphatic rings. The van der Waals surface area contributed by atoms with E-state index in [0.29, 0.717) is 6.29 Å². The summed E-state index contributed by atoms with van der Waals surface area (Å²) in [5, 5.41) is 2.99. The maximum atomic E-state index is 10.7. The number of aldehydes is 1. The standard InChI is InChI=1S/C7H11NO2/c9-5-7(10)6-3-1-2-4-8-6/h5-6,8H,1-4H2. The monoisotopic (exact) mass is 141 g/mol. The van der Waals surface area contributed by atoms with Gasteiger partial charge in [0.25, 0.3) is 0 Å². The number of hydrogen-bond acceptors (Lipinski definition) is 3. The Morgan fingerprint density at radius 2 is 2.30 bits per heavy atom.